The molecule has 0 spiro atoms. The molecule has 0 heterocycles. The van der Waals surface area contributed by atoms with E-state index < -0.39 is 0 Å². The number of benzene rings is 2. The summed E-state index contributed by atoms with van der Waals surface area (Å²) in [4.78, 5) is 4.28. The number of methoxy groups -OCH3 is 2. The Balaban J connectivity index is 1.95. The second-order valence-electron chi connectivity index (χ2n) is 6.36. The summed E-state index contributed by atoms with van der Waals surface area (Å²) in [5, 5.41) is 16.7. The van der Waals surface area contributed by atoms with E-state index in [2.05, 4.69) is 35.5 Å². The van der Waals surface area contributed by atoms with E-state index in [1.165, 1.54) is 5.56 Å². The summed E-state index contributed by atoms with van der Waals surface area (Å²) in [5.41, 5.74) is 3.11. The van der Waals surface area contributed by atoms with Crippen LogP contribution in [0.1, 0.15) is 29.7 Å². The van der Waals surface area contributed by atoms with Crippen molar-refractivity contribution in [2.24, 2.45) is 4.99 Å². The van der Waals surface area contributed by atoms with Crippen molar-refractivity contribution in [2.75, 3.05) is 27.8 Å². The SMILES string of the molecule is CN=C(NCCc1ccc(OC)cc1O)NC(C)c1cc(C)ccc1OC. The minimum atomic E-state index is 0.0282. The molecule has 0 saturated carbocycles. The first-order valence-corrected chi connectivity index (χ1v) is 8.96. The molecule has 0 aliphatic heterocycles. The fraction of sp³-hybridized carbons (Fsp3) is 0.381. The smallest absolute Gasteiger partial charge is 0.191 e. The lowest BCUT2D eigenvalue weighted by Crippen LogP contribution is -2.39. The van der Waals surface area contributed by atoms with Crippen molar-refractivity contribution in [3.05, 3.63) is 53.1 Å². The van der Waals surface area contributed by atoms with Gasteiger partial charge in [-0.25, -0.2) is 0 Å². The van der Waals surface area contributed by atoms with Gasteiger partial charge in [-0.05, 0) is 38.0 Å². The molecule has 0 amide bonds. The molecule has 146 valence electrons. The molecule has 6 nitrogen and oxygen atoms in total. The number of phenolic OH excluding ortho intramolecular Hbond substituents is 1. The van der Waals surface area contributed by atoms with Gasteiger partial charge in [0.2, 0.25) is 0 Å². The zero-order valence-electron chi connectivity index (χ0n) is 16.7. The third-order valence-electron chi connectivity index (χ3n) is 4.41. The average molecular weight is 371 g/mol. The topological polar surface area (TPSA) is 75.1 Å². The van der Waals surface area contributed by atoms with Gasteiger partial charge in [-0.15, -0.1) is 0 Å². The van der Waals surface area contributed by atoms with Crippen LogP contribution in [0, 0.1) is 6.92 Å². The van der Waals surface area contributed by atoms with Gasteiger partial charge in [0.15, 0.2) is 5.96 Å². The predicted molar refractivity (Wildman–Crippen MR) is 109 cm³/mol. The van der Waals surface area contributed by atoms with Crippen LogP contribution in [0.3, 0.4) is 0 Å². The van der Waals surface area contributed by atoms with Crippen molar-refractivity contribution in [1.29, 1.82) is 0 Å². The van der Waals surface area contributed by atoms with Gasteiger partial charge in [-0.3, -0.25) is 4.99 Å². The van der Waals surface area contributed by atoms with Crippen molar-refractivity contribution >= 4 is 5.96 Å². The van der Waals surface area contributed by atoms with E-state index in [4.69, 9.17) is 9.47 Å². The summed E-state index contributed by atoms with van der Waals surface area (Å²) in [6.45, 7) is 4.76. The lowest BCUT2D eigenvalue weighted by molar-refractivity contribution is 0.405. The van der Waals surface area contributed by atoms with Crippen molar-refractivity contribution in [3.63, 3.8) is 0 Å². The number of aromatic hydroxyl groups is 1. The van der Waals surface area contributed by atoms with Crippen LogP contribution in [0.4, 0.5) is 0 Å². The zero-order chi connectivity index (χ0) is 19.8. The van der Waals surface area contributed by atoms with Crippen LogP contribution in [0.25, 0.3) is 0 Å². The summed E-state index contributed by atoms with van der Waals surface area (Å²) in [5.74, 6) is 2.41. The van der Waals surface area contributed by atoms with E-state index in [1.54, 1.807) is 27.3 Å². The van der Waals surface area contributed by atoms with Gasteiger partial charge in [0.1, 0.15) is 17.2 Å². The number of nitrogens with zero attached hydrogens (tertiary/aromatic N) is 1. The van der Waals surface area contributed by atoms with E-state index in [0.29, 0.717) is 24.7 Å². The minimum absolute atomic E-state index is 0.0282. The molecule has 0 radical (unpaired) electrons. The number of hydrogen-bond acceptors (Lipinski definition) is 4. The van der Waals surface area contributed by atoms with E-state index in [1.807, 2.05) is 24.3 Å². The summed E-state index contributed by atoms with van der Waals surface area (Å²) in [6.07, 6.45) is 0.665. The molecule has 0 aliphatic rings. The van der Waals surface area contributed by atoms with Crippen LogP contribution in [0.15, 0.2) is 41.4 Å². The highest BCUT2D eigenvalue weighted by molar-refractivity contribution is 5.80. The second-order valence-corrected chi connectivity index (χ2v) is 6.36. The fourth-order valence-electron chi connectivity index (χ4n) is 2.87. The monoisotopic (exact) mass is 371 g/mol. The van der Waals surface area contributed by atoms with Crippen molar-refractivity contribution in [1.82, 2.24) is 10.6 Å². The van der Waals surface area contributed by atoms with E-state index in [-0.39, 0.29) is 11.8 Å². The van der Waals surface area contributed by atoms with Gasteiger partial charge in [0, 0.05) is 25.2 Å². The highest BCUT2D eigenvalue weighted by Crippen LogP contribution is 2.26. The lowest BCUT2D eigenvalue weighted by atomic mass is 10.0. The molecule has 2 aromatic rings. The summed E-state index contributed by atoms with van der Waals surface area (Å²) >= 11 is 0. The summed E-state index contributed by atoms with van der Waals surface area (Å²) in [7, 11) is 4.99. The van der Waals surface area contributed by atoms with E-state index in [0.717, 1.165) is 16.9 Å². The van der Waals surface area contributed by atoms with Crippen LogP contribution in [-0.2, 0) is 6.42 Å². The Bertz CT molecular complexity index is 790. The highest BCUT2D eigenvalue weighted by Gasteiger charge is 2.13. The number of rotatable bonds is 7. The Morgan fingerprint density at radius 1 is 1.15 bits per heavy atom. The van der Waals surface area contributed by atoms with Gasteiger partial charge < -0.3 is 25.2 Å². The van der Waals surface area contributed by atoms with Gasteiger partial charge in [-0.2, -0.15) is 0 Å². The number of hydrogen-bond donors (Lipinski definition) is 3. The van der Waals surface area contributed by atoms with Crippen LogP contribution in [-0.4, -0.2) is 38.9 Å². The second kappa shape index (κ2) is 9.71. The molecule has 27 heavy (non-hydrogen) atoms. The average Bonchev–Trinajstić information content (AvgIpc) is 2.68. The molecular formula is C21H29N3O3. The molecule has 0 saturated heterocycles. The molecule has 2 rings (SSSR count). The van der Waals surface area contributed by atoms with Crippen LogP contribution in [0.5, 0.6) is 17.2 Å². The number of aliphatic imine (C=N–C) groups is 1. The zero-order valence-corrected chi connectivity index (χ0v) is 16.7. The van der Waals surface area contributed by atoms with Crippen molar-refractivity contribution in [3.8, 4) is 17.2 Å². The molecule has 0 fully saturated rings. The number of guanidine groups is 1. The molecular weight excluding hydrogens is 342 g/mol. The maximum atomic E-state index is 10.1. The van der Waals surface area contributed by atoms with Crippen molar-refractivity contribution < 1.29 is 14.6 Å². The maximum absolute atomic E-state index is 10.1. The Labute approximate surface area is 161 Å². The van der Waals surface area contributed by atoms with E-state index >= 15 is 0 Å². The Kier molecular flexibility index (Phi) is 7.34. The first-order chi connectivity index (χ1) is 13.0. The van der Waals surface area contributed by atoms with E-state index in [9.17, 15) is 5.11 Å². The molecule has 2 aromatic carbocycles. The molecule has 0 aromatic heterocycles. The summed E-state index contributed by atoms with van der Waals surface area (Å²) < 4.78 is 10.6. The molecule has 3 N–H and O–H groups in total. The lowest BCUT2D eigenvalue weighted by Gasteiger charge is -2.20. The normalized spacial score (nSPS) is 12.4. The molecule has 0 bridgehead atoms. The molecule has 1 unspecified atom stereocenters. The maximum Gasteiger partial charge on any atom is 0.191 e. The number of aryl methyl sites for hydroxylation is 1. The summed E-state index contributed by atoms with van der Waals surface area (Å²) in [6, 6.07) is 11.5. The minimum Gasteiger partial charge on any atom is -0.508 e. The quantitative estimate of drug-likeness (QED) is 0.515. The predicted octanol–water partition coefficient (Wildman–Crippen LogP) is 3.19. The number of phenols is 1. The first-order valence-electron chi connectivity index (χ1n) is 8.96. The highest BCUT2D eigenvalue weighted by atomic mass is 16.5. The Morgan fingerprint density at radius 3 is 2.56 bits per heavy atom. The van der Waals surface area contributed by atoms with Crippen LogP contribution < -0.4 is 20.1 Å². The molecule has 0 aliphatic carbocycles. The van der Waals surface area contributed by atoms with Crippen molar-refractivity contribution in [2.45, 2.75) is 26.3 Å². The standard InChI is InChI=1S/C21H29N3O3/c1-14-6-9-20(27-5)18(12-14)15(2)24-21(22-3)23-11-10-16-7-8-17(26-4)13-19(16)25/h6-9,12-13,15,25H,10-11H2,1-5H3,(H2,22,23,24). The molecule has 1 atom stereocenters. The largest absolute Gasteiger partial charge is 0.508 e. The fourth-order valence-corrected chi connectivity index (χ4v) is 2.87. The number of nitrogens with one attached hydrogen (secondary N) is 2. The first kappa shape index (κ1) is 20.4. The number of ether oxygens (including phenoxy) is 2. The third kappa shape index (κ3) is 5.54. The van der Waals surface area contributed by atoms with Crippen LogP contribution >= 0.6 is 0 Å². The Morgan fingerprint density at radius 2 is 1.93 bits per heavy atom. The Hall–Kier alpha value is -2.89. The third-order valence-corrected chi connectivity index (χ3v) is 4.41. The van der Waals surface area contributed by atoms with Gasteiger partial charge in [0.05, 0.1) is 20.3 Å². The van der Waals surface area contributed by atoms with Gasteiger partial charge in [-0.1, -0.05) is 23.8 Å². The molecule has 6 heteroatoms. The van der Waals surface area contributed by atoms with Crippen LogP contribution in [0.2, 0.25) is 0 Å². The van der Waals surface area contributed by atoms with Gasteiger partial charge >= 0.3 is 0 Å². The van der Waals surface area contributed by atoms with Gasteiger partial charge in [0.25, 0.3) is 0 Å².